The Morgan fingerprint density at radius 3 is 2.35 bits per heavy atom. The highest BCUT2D eigenvalue weighted by molar-refractivity contribution is 7.89. The minimum atomic E-state index is -3.68. The molecule has 1 aromatic carbocycles. The molecule has 2 aromatic rings. The van der Waals surface area contributed by atoms with Gasteiger partial charge in [0, 0.05) is 37.9 Å². The smallest absolute Gasteiger partial charge is 0.262 e. The fourth-order valence-electron chi connectivity index (χ4n) is 2.96. The van der Waals surface area contributed by atoms with Gasteiger partial charge in [0.1, 0.15) is 9.77 Å². The van der Waals surface area contributed by atoms with Crippen LogP contribution in [-0.2, 0) is 10.0 Å². The van der Waals surface area contributed by atoms with Gasteiger partial charge >= 0.3 is 0 Å². The number of anilines is 1. The van der Waals surface area contributed by atoms with E-state index in [9.17, 15) is 13.2 Å². The maximum absolute atomic E-state index is 13.0. The van der Waals surface area contributed by atoms with E-state index >= 15 is 0 Å². The van der Waals surface area contributed by atoms with Crippen molar-refractivity contribution in [3.63, 3.8) is 0 Å². The Labute approximate surface area is 158 Å². The molecule has 6 nitrogen and oxygen atoms in total. The summed E-state index contributed by atoms with van der Waals surface area (Å²) >= 11 is 1.16. The summed E-state index contributed by atoms with van der Waals surface area (Å²) in [4.78, 5) is 14.8. The number of amides is 1. The van der Waals surface area contributed by atoms with Crippen LogP contribution in [-0.4, -0.2) is 50.9 Å². The lowest BCUT2D eigenvalue weighted by Gasteiger charge is -2.35. The van der Waals surface area contributed by atoms with Crippen molar-refractivity contribution in [1.82, 2.24) is 9.62 Å². The predicted molar refractivity (Wildman–Crippen MR) is 104 cm³/mol. The largest absolute Gasteiger partial charge is 0.369 e. The normalized spacial score (nSPS) is 16.0. The fourth-order valence-corrected chi connectivity index (χ4v) is 5.68. The number of benzene rings is 1. The van der Waals surface area contributed by atoms with Crippen LogP contribution in [0.3, 0.4) is 0 Å². The van der Waals surface area contributed by atoms with Crippen LogP contribution in [0.15, 0.2) is 46.7 Å². The second-order valence-corrected chi connectivity index (χ2v) is 9.29. The van der Waals surface area contributed by atoms with Crippen LogP contribution in [0.4, 0.5) is 5.69 Å². The molecule has 3 rings (SSSR count). The number of piperazine rings is 1. The van der Waals surface area contributed by atoms with Crippen molar-refractivity contribution in [3.8, 4) is 0 Å². The molecular weight excluding hydrogens is 370 g/mol. The van der Waals surface area contributed by atoms with Crippen molar-refractivity contribution in [3.05, 3.63) is 46.7 Å². The molecule has 0 saturated carbocycles. The van der Waals surface area contributed by atoms with Gasteiger partial charge in [-0.3, -0.25) is 4.79 Å². The Morgan fingerprint density at radius 2 is 1.73 bits per heavy atom. The van der Waals surface area contributed by atoms with Crippen LogP contribution in [0.2, 0.25) is 0 Å². The number of hydrogen-bond acceptors (Lipinski definition) is 5. The minimum absolute atomic E-state index is 0.0467. The first kappa shape index (κ1) is 18.9. The van der Waals surface area contributed by atoms with Crippen LogP contribution >= 0.6 is 11.3 Å². The van der Waals surface area contributed by atoms with E-state index < -0.39 is 10.0 Å². The Hall–Kier alpha value is -1.90. The fraction of sp³-hybridized carbons (Fsp3) is 0.389. The molecular formula is C18H23N3O3S2. The van der Waals surface area contributed by atoms with Crippen molar-refractivity contribution in [2.45, 2.75) is 24.8 Å². The molecule has 2 heterocycles. The summed E-state index contributed by atoms with van der Waals surface area (Å²) in [5, 5.41) is 4.42. The molecule has 1 amide bonds. The molecule has 140 valence electrons. The Balaban J connectivity index is 1.74. The van der Waals surface area contributed by atoms with E-state index in [0.717, 1.165) is 17.0 Å². The lowest BCUT2D eigenvalue weighted by molar-refractivity contribution is 0.0944. The van der Waals surface area contributed by atoms with Crippen molar-refractivity contribution in [1.29, 1.82) is 0 Å². The van der Waals surface area contributed by atoms with Gasteiger partial charge in [0.25, 0.3) is 5.91 Å². The highest BCUT2D eigenvalue weighted by Crippen LogP contribution is 2.27. The Kier molecular flexibility index (Phi) is 5.64. The first-order valence-corrected chi connectivity index (χ1v) is 10.9. The van der Waals surface area contributed by atoms with Gasteiger partial charge in [-0.05, 0) is 37.4 Å². The van der Waals surface area contributed by atoms with Crippen molar-refractivity contribution >= 4 is 33.0 Å². The average molecular weight is 394 g/mol. The van der Waals surface area contributed by atoms with Gasteiger partial charge in [-0.15, -0.1) is 11.3 Å². The number of thiophene rings is 1. The summed E-state index contributed by atoms with van der Waals surface area (Å²) < 4.78 is 27.5. The summed E-state index contributed by atoms with van der Waals surface area (Å²) in [7, 11) is -3.68. The number of para-hydroxylation sites is 1. The van der Waals surface area contributed by atoms with Gasteiger partial charge in [0.15, 0.2) is 0 Å². The number of carbonyl (C=O) groups excluding carboxylic acids is 1. The van der Waals surface area contributed by atoms with Crippen LogP contribution in [0.1, 0.15) is 23.5 Å². The van der Waals surface area contributed by atoms with Gasteiger partial charge < -0.3 is 10.2 Å². The molecule has 0 aliphatic carbocycles. The van der Waals surface area contributed by atoms with Gasteiger partial charge in [-0.2, -0.15) is 4.31 Å². The predicted octanol–water partition coefficient (Wildman–Crippen LogP) is 2.40. The van der Waals surface area contributed by atoms with Crippen LogP contribution < -0.4 is 10.2 Å². The number of sulfonamides is 1. The molecule has 1 aliphatic heterocycles. The molecule has 1 fully saturated rings. The molecule has 1 N–H and O–H groups in total. The lowest BCUT2D eigenvalue weighted by atomic mass is 10.2. The first-order chi connectivity index (χ1) is 12.4. The summed E-state index contributed by atoms with van der Waals surface area (Å²) in [6.45, 7) is 5.75. The van der Waals surface area contributed by atoms with E-state index in [2.05, 4.69) is 10.2 Å². The maximum Gasteiger partial charge on any atom is 0.262 e. The van der Waals surface area contributed by atoms with Crippen molar-refractivity contribution < 1.29 is 13.2 Å². The lowest BCUT2D eigenvalue weighted by Crippen LogP contribution is -2.48. The zero-order valence-electron chi connectivity index (χ0n) is 14.9. The Bertz CT molecular complexity index is 855. The zero-order valence-corrected chi connectivity index (χ0v) is 16.5. The van der Waals surface area contributed by atoms with E-state index in [0.29, 0.717) is 26.2 Å². The first-order valence-electron chi connectivity index (χ1n) is 8.58. The standard InChI is InChI=1S/C18H23N3O3S2/c1-14(2)19-18(22)17-16(8-13-25-17)26(23,24)21-11-9-20(10-12-21)15-6-4-3-5-7-15/h3-8,13-14H,9-12H2,1-2H3,(H,19,22). The number of carbonyl (C=O) groups is 1. The molecule has 0 spiro atoms. The van der Waals surface area contributed by atoms with E-state index in [1.54, 1.807) is 5.38 Å². The monoisotopic (exact) mass is 393 g/mol. The van der Waals surface area contributed by atoms with Gasteiger partial charge in [-0.25, -0.2) is 8.42 Å². The van der Waals surface area contributed by atoms with Crippen LogP contribution in [0.25, 0.3) is 0 Å². The molecule has 1 aliphatic rings. The second kappa shape index (κ2) is 7.77. The molecule has 0 unspecified atom stereocenters. The number of nitrogens with zero attached hydrogens (tertiary/aromatic N) is 2. The summed E-state index contributed by atoms with van der Waals surface area (Å²) in [5.41, 5.74) is 1.09. The summed E-state index contributed by atoms with van der Waals surface area (Å²) in [5.74, 6) is -0.337. The number of nitrogens with one attached hydrogen (secondary N) is 1. The molecule has 0 atom stereocenters. The molecule has 0 bridgehead atoms. The van der Waals surface area contributed by atoms with Gasteiger partial charge in [-0.1, -0.05) is 18.2 Å². The third kappa shape index (κ3) is 3.92. The zero-order chi connectivity index (χ0) is 18.7. The molecule has 1 saturated heterocycles. The van der Waals surface area contributed by atoms with E-state index in [4.69, 9.17) is 0 Å². The molecule has 26 heavy (non-hydrogen) atoms. The van der Waals surface area contributed by atoms with Crippen molar-refractivity contribution in [2.75, 3.05) is 31.1 Å². The molecule has 8 heteroatoms. The van der Waals surface area contributed by atoms with Gasteiger partial charge in [0.05, 0.1) is 0 Å². The van der Waals surface area contributed by atoms with E-state index in [-0.39, 0.29) is 21.7 Å². The molecule has 0 radical (unpaired) electrons. The van der Waals surface area contributed by atoms with Crippen LogP contribution in [0.5, 0.6) is 0 Å². The van der Waals surface area contributed by atoms with Crippen molar-refractivity contribution in [2.24, 2.45) is 0 Å². The third-order valence-electron chi connectivity index (χ3n) is 4.23. The van der Waals surface area contributed by atoms with Crippen LogP contribution in [0, 0.1) is 0 Å². The van der Waals surface area contributed by atoms with Gasteiger partial charge in [0.2, 0.25) is 10.0 Å². The Morgan fingerprint density at radius 1 is 1.08 bits per heavy atom. The number of rotatable bonds is 5. The topological polar surface area (TPSA) is 69.7 Å². The average Bonchev–Trinajstić information content (AvgIpc) is 3.13. The summed E-state index contributed by atoms with van der Waals surface area (Å²) in [6, 6.07) is 11.4. The number of hydrogen-bond donors (Lipinski definition) is 1. The maximum atomic E-state index is 13.0. The van der Waals surface area contributed by atoms with E-state index in [1.165, 1.54) is 10.4 Å². The SMILES string of the molecule is CC(C)NC(=O)c1sccc1S(=O)(=O)N1CCN(c2ccccc2)CC1. The van der Waals surface area contributed by atoms with E-state index in [1.807, 2.05) is 44.2 Å². The second-order valence-electron chi connectivity index (χ2n) is 6.47. The highest BCUT2D eigenvalue weighted by atomic mass is 32.2. The highest BCUT2D eigenvalue weighted by Gasteiger charge is 2.32. The quantitative estimate of drug-likeness (QED) is 0.847. The third-order valence-corrected chi connectivity index (χ3v) is 7.22. The molecule has 1 aromatic heterocycles. The minimum Gasteiger partial charge on any atom is -0.369 e. The summed E-state index contributed by atoms with van der Waals surface area (Å²) in [6.07, 6.45) is 0.